The molecule has 2 aromatic heterocycles. The van der Waals surface area contributed by atoms with E-state index in [-0.39, 0.29) is 17.9 Å². The van der Waals surface area contributed by atoms with Crippen LogP contribution < -0.4 is 16.0 Å². The van der Waals surface area contributed by atoms with Gasteiger partial charge in [-0.05, 0) is 27.7 Å². The van der Waals surface area contributed by atoms with Crippen molar-refractivity contribution < 1.29 is 4.79 Å². The Labute approximate surface area is 153 Å². The Balaban J connectivity index is 1.53. The summed E-state index contributed by atoms with van der Waals surface area (Å²) in [4.78, 5) is 29.8. The van der Waals surface area contributed by atoms with E-state index in [0.29, 0.717) is 19.5 Å². The Kier molecular flexibility index (Phi) is 5.41. The number of aromatic nitrogens is 4. The van der Waals surface area contributed by atoms with Crippen molar-refractivity contribution in [3.05, 3.63) is 35.2 Å². The first-order chi connectivity index (χ1) is 12.4. The second kappa shape index (κ2) is 7.74. The maximum absolute atomic E-state index is 12.3. The van der Waals surface area contributed by atoms with Crippen molar-refractivity contribution in [2.75, 3.05) is 23.7 Å². The van der Waals surface area contributed by atoms with Crippen molar-refractivity contribution in [2.45, 2.75) is 46.2 Å². The summed E-state index contributed by atoms with van der Waals surface area (Å²) >= 11 is 0. The molecule has 0 aliphatic carbocycles. The minimum Gasteiger partial charge on any atom is -0.367 e. The summed E-state index contributed by atoms with van der Waals surface area (Å²) in [6, 6.07) is -0.158. The second-order valence-corrected chi connectivity index (χ2v) is 6.74. The molecule has 2 unspecified atom stereocenters. The smallest absolute Gasteiger partial charge is 0.153 e. The fourth-order valence-electron chi connectivity index (χ4n) is 2.95. The molecule has 1 fully saturated rings. The predicted molar refractivity (Wildman–Crippen MR) is 100 cm³/mol. The Hall–Kier alpha value is -2.61. The van der Waals surface area contributed by atoms with Gasteiger partial charge in [0.1, 0.15) is 11.6 Å². The third-order valence-electron chi connectivity index (χ3n) is 4.41. The number of hydrogen-bond acceptors (Lipinski definition) is 8. The fourth-order valence-corrected chi connectivity index (χ4v) is 2.95. The van der Waals surface area contributed by atoms with E-state index >= 15 is 0 Å². The average molecular weight is 355 g/mol. The standard InChI is InChI=1S/C18H25N7O/c1-10-6-19-12(3)17(23-10)21-8-14-5-16(26)15(25-14)9-22-18-13(4)20-7-11(2)24-18/h6-7,14-15,25H,5,8-9H2,1-4H3,(H,21,23)(H,22,24). The van der Waals surface area contributed by atoms with E-state index in [2.05, 4.69) is 35.9 Å². The number of ketones is 1. The van der Waals surface area contributed by atoms with Gasteiger partial charge in [-0.3, -0.25) is 14.8 Å². The van der Waals surface area contributed by atoms with Gasteiger partial charge in [-0.25, -0.2) is 9.97 Å². The molecule has 0 radical (unpaired) electrons. The van der Waals surface area contributed by atoms with Crippen LogP contribution in [-0.4, -0.2) is 50.9 Å². The average Bonchev–Trinajstić information content (AvgIpc) is 2.96. The van der Waals surface area contributed by atoms with Gasteiger partial charge in [0, 0.05) is 37.9 Å². The van der Waals surface area contributed by atoms with E-state index in [4.69, 9.17) is 0 Å². The molecule has 2 aromatic rings. The van der Waals surface area contributed by atoms with Crippen LogP contribution in [-0.2, 0) is 4.79 Å². The highest BCUT2D eigenvalue weighted by molar-refractivity contribution is 5.87. The first-order valence-corrected chi connectivity index (χ1v) is 8.79. The van der Waals surface area contributed by atoms with Crippen molar-refractivity contribution >= 4 is 17.4 Å². The van der Waals surface area contributed by atoms with Gasteiger partial charge in [-0.15, -0.1) is 0 Å². The zero-order valence-corrected chi connectivity index (χ0v) is 15.6. The minimum absolute atomic E-state index is 0.0701. The Morgan fingerprint density at radius 1 is 0.962 bits per heavy atom. The summed E-state index contributed by atoms with van der Waals surface area (Å²) in [7, 11) is 0. The van der Waals surface area contributed by atoms with Crippen LogP contribution in [0.5, 0.6) is 0 Å². The van der Waals surface area contributed by atoms with E-state index in [0.717, 1.165) is 34.4 Å². The van der Waals surface area contributed by atoms with E-state index < -0.39 is 0 Å². The fraction of sp³-hybridized carbons (Fsp3) is 0.500. The second-order valence-electron chi connectivity index (χ2n) is 6.74. The van der Waals surface area contributed by atoms with Crippen LogP contribution in [0.25, 0.3) is 0 Å². The number of carbonyl (C=O) groups is 1. The molecule has 26 heavy (non-hydrogen) atoms. The van der Waals surface area contributed by atoms with Crippen molar-refractivity contribution in [2.24, 2.45) is 0 Å². The molecule has 0 aromatic carbocycles. The highest BCUT2D eigenvalue weighted by Gasteiger charge is 2.31. The van der Waals surface area contributed by atoms with Gasteiger partial charge in [0.05, 0.1) is 28.8 Å². The lowest BCUT2D eigenvalue weighted by atomic mass is 10.1. The van der Waals surface area contributed by atoms with E-state index in [1.807, 2.05) is 27.7 Å². The van der Waals surface area contributed by atoms with Crippen LogP contribution in [0.3, 0.4) is 0 Å². The van der Waals surface area contributed by atoms with Crippen LogP contribution in [0, 0.1) is 27.7 Å². The molecule has 3 rings (SSSR count). The number of aryl methyl sites for hydroxylation is 4. The Bertz CT molecular complexity index is 808. The molecule has 0 amide bonds. The molecular formula is C18H25N7O. The zero-order valence-electron chi connectivity index (χ0n) is 15.6. The molecule has 3 heterocycles. The van der Waals surface area contributed by atoms with Crippen molar-refractivity contribution in [3.63, 3.8) is 0 Å². The monoisotopic (exact) mass is 355 g/mol. The summed E-state index contributed by atoms with van der Waals surface area (Å²) in [6.07, 6.45) is 3.98. The summed E-state index contributed by atoms with van der Waals surface area (Å²) in [5.74, 6) is 1.70. The van der Waals surface area contributed by atoms with Gasteiger partial charge in [-0.1, -0.05) is 0 Å². The van der Waals surface area contributed by atoms with Gasteiger partial charge in [0.2, 0.25) is 0 Å². The molecule has 8 heteroatoms. The lowest BCUT2D eigenvalue weighted by molar-refractivity contribution is -0.118. The number of anilines is 2. The molecule has 0 bridgehead atoms. The van der Waals surface area contributed by atoms with E-state index in [9.17, 15) is 4.79 Å². The molecule has 0 saturated carbocycles. The number of carbonyl (C=O) groups excluding carboxylic acids is 1. The minimum atomic E-state index is -0.229. The highest BCUT2D eigenvalue weighted by Crippen LogP contribution is 2.14. The molecule has 3 N–H and O–H groups in total. The van der Waals surface area contributed by atoms with Gasteiger partial charge < -0.3 is 16.0 Å². The van der Waals surface area contributed by atoms with Crippen molar-refractivity contribution in [1.82, 2.24) is 25.3 Å². The summed E-state index contributed by atoms with van der Waals surface area (Å²) < 4.78 is 0. The molecule has 8 nitrogen and oxygen atoms in total. The molecular weight excluding hydrogens is 330 g/mol. The molecule has 1 aliphatic rings. The molecule has 2 atom stereocenters. The number of nitrogens with one attached hydrogen (secondary N) is 3. The van der Waals surface area contributed by atoms with Gasteiger partial charge in [0.25, 0.3) is 0 Å². The summed E-state index contributed by atoms with van der Waals surface area (Å²) in [5.41, 5.74) is 3.39. The molecule has 1 saturated heterocycles. The van der Waals surface area contributed by atoms with Crippen LogP contribution in [0.15, 0.2) is 12.4 Å². The van der Waals surface area contributed by atoms with Crippen LogP contribution in [0.1, 0.15) is 29.2 Å². The Morgan fingerprint density at radius 3 is 2.08 bits per heavy atom. The van der Waals surface area contributed by atoms with E-state index in [1.165, 1.54) is 0 Å². The SMILES string of the molecule is Cc1cnc(C)c(NCC2CC(=O)C(CNc3nc(C)cnc3C)N2)n1. The molecule has 138 valence electrons. The number of rotatable bonds is 6. The van der Waals surface area contributed by atoms with Gasteiger partial charge in [0.15, 0.2) is 5.78 Å². The summed E-state index contributed by atoms with van der Waals surface area (Å²) in [5, 5.41) is 9.91. The number of hydrogen-bond donors (Lipinski definition) is 3. The first-order valence-electron chi connectivity index (χ1n) is 8.79. The molecule has 1 aliphatic heterocycles. The third kappa shape index (κ3) is 4.32. The summed E-state index contributed by atoms with van der Waals surface area (Å²) in [6.45, 7) is 8.75. The quantitative estimate of drug-likeness (QED) is 0.713. The predicted octanol–water partition coefficient (Wildman–Crippen LogP) is 1.32. The van der Waals surface area contributed by atoms with E-state index in [1.54, 1.807) is 12.4 Å². The normalized spacial score (nSPS) is 19.6. The van der Waals surface area contributed by atoms with Crippen LogP contribution >= 0.6 is 0 Å². The van der Waals surface area contributed by atoms with Crippen molar-refractivity contribution in [1.29, 1.82) is 0 Å². The first kappa shape index (κ1) is 18.2. The number of nitrogens with zero attached hydrogens (tertiary/aromatic N) is 4. The zero-order chi connectivity index (χ0) is 18.7. The highest BCUT2D eigenvalue weighted by atomic mass is 16.1. The maximum atomic E-state index is 12.3. The van der Waals surface area contributed by atoms with Gasteiger partial charge >= 0.3 is 0 Å². The lowest BCUT2D eigenvalue weighted by Crippen LogP contribution is -2.40. The molecule has 0 spiro atoms. The van der Waals surface area contributed by atoms with Crippen molar-refractivity contribution in [3.8, 4) is 0 Å². The third-order valence-corrected chi connectivity index (χ3v) is 4.41. The van der Waals surface area contributed by atoms with Crippen LogP contribution in [0.4, 0.5) is 11.6 Å². The topological polar surface area (TPSA) is 105 Å². The van der Waals surface area contributed by atoms with Gasteiger partial charge in [-0.2, -0.15) is 0 Å². The lowest BCUT2D eigenvalue weighted by Gasteiger charge is -2.16. The Morgan fingerprint density at radius 2 is 1.50 bits per heavy atom. The largest absolute Gasteiger partial charge is 0.367 e. The maximum Gasteiger partial charge on any atom is 0.153 e. The van der Waals surface area contributed by atoms with Crippen LogP contribution in [0.2, 0.25) is 0 Å². The number of Topliss-reactive ketones (excluding diaryl/α,β-unsaturated/α-hetero) is 1.